The van der Waals surface area contributed by atoms with Crippen molar-refractivity contribution in [1.29, 1.82) is 0 Å². The number of carbonyl (C=O) groups excluding carboxylic acids is 2. The van der Waals surface area contributed by atoms with E-state index >= 15 is 0 Å². The maximum absolute atomic E-state index is 12.4. The van der Waals surface area contributed by atoms with Gasteiger partial charge in [-0.1, -0.05) is 23.9 Å². The Labute approximate surface area is 187 Å². The predicted molar refractivity (Wildman–Crippen MR) is 119 cm³/mol. The van der Waals surface area contributed by atoms with Gasteiger partial charge in [0.15, 0.2) is 22.5 Å². The molecular weight excluding hydrogens is 438 g/mol. The van der Waals surface area contributed by atoms with Crippen LogP contribution in [0.1, 0.15) is 12.0 Å². The first-order valence-corrected chi connectivity index (χ1v) is 11.2. The molecule has 0 unspecified atom stereocenters. The third-order valence-electron chi connectivity index (χ3n) is 4.31. The number of hydrogen-bond donors (Lipinski definition) is 2. The number of nitrogens with one attached hydrogen (secondary N) is 1. The highest BCUT2D eigenvalue weighted by atomic mass is 32.2. The molecule has 3 aromatic rings. The van der Waals surface area contributed by atoms with Gasteiger partial charge in [0.1, 0.15) is 0 Å². The number of carbonyl (C=O) groups is 2. The van der Waals surface area contributed by atoms with Crippen LogP contribution in [0.3, 0.4) is 0 Å². The molecular formula is C20H23N5O4S2. The molecule has 1 aromatic carbocycles. The molecule has 0 aliphatic carbocycles. The number of hydrogen-bond acceptors (Lipinski definition) is 8. The fourth-order valence-corrected chi connectivity index (χ4v) is 4.29. The highest BCUT2D eigenvalue weighted by Crippen LogP contribution is 2.28. The number of benzene rings is 1. The number of ether oxygens (including phenoxy) is 2. The summed E-state index contributed by atoms with van der Waals surface area (Å²) in [7, 11) is 3.14. The van der Waals surface area contributed by atoms with Crippen LogP contribution in [0.15, 0.2) is 40.9 Å². The number of thioether (sulfide) groups is 1. The van der Waals surface area contributed by atoms with Crippen LogP contribution >= 0.6 is 23.1 Å². The second-order valence-corrected chi connectivity index (χ2v) is 8.30. The molecule has 0 atom stereocenters. The van der Waals surface area contributed by atoms with Gasteiger partial charge in [0, 0.05) is 19.5 Å². The monoisotopic (exact) mass is 461 g/mol. The van der Waals surface area contributed by atoms with Crippen molar-refractivity contribution < 1.29 is 19.1 Å². The topological polar surface area (TPSA) is 121 Å². The molecule has 2 heterocycles. The highest BCUT2D eigenvalue weighted by Gasteiger charge is 2.17. The Morgan fingerprint density at radius 3 is 2.68 bits per heavy atom. The molecule has 0 saturated heterocycles. The van der Waals surface area contributed by atoms with Crippen LogP contribution in [0.5, 0.6) is 11.5 Å². The molecule has 164 valence electrons. The number of primary amides is 1. The first-order chi connectivity index (χ1) is 15.0. The number of amides is 2. The SMILES string of the molecule is COc1ccc(CNC(=O)CSc2nnc(-c3cccs3)n2CCC(N)=O)cc1OC. The summed E-state index contributed by atoms with van der Waals surface area (Å²) in [6.07, 6.45) is 0.162. The molecule has 3 N–H and O–H groups in total. The Morgan fingerprint density at radius 1 is 1.19 bits per heavy atom. The van der Waals surface area contributed by atoms with Gasteiger partial charge in [-0.25, -0.2) is 0 Å². The molecule has 0 bridgehead atoms. The summed E-state index contributed by atoms with van der Waals surface area (Å²) < 4.78 is 12.3. The maximum Gasteiger partial charge on any atom is 0.230 e. The standard InChI is InChI=1S/C20H23N5O4S2/c1-28-14-6-5-13(10-15(14)29-2)11-22-18(27)12-31-20-24-23-19(16-4-3-9-30-16)25(20)8-7-17(21)26/h3-6,9-10H,7-8,11-12H2,1-2H3,(H2,21,26)(H,22,27). The zero-order chi connectivity index (χ0) is 22.2. The lowest BCUT2D eigenvalue weighted by Crippen LogP contribution is -2.24. The second kappa shape index (κ2) is 10.8. The molecule has 0 spiro atoms. The first-order valence-electron chi connectivity index (χ1n) is 9.37. The quantitative estimate of drug-likeness (QED) is 0.420. The van der Waals surface area contributed by atoms with Crippen LogP contribution in [0.4, 0.5) is 0 Å². The fraction of sp³-hybridized carbons (Fsp3) is 0.300. The van der Waals surface area contributed by atoms with Crippen LogP contribution in [0.25, 0.3) is 10.7 Å². The van der Waals surface area contributed by atoms with E-state index in [9.17, 15) is 9.59 Å². The van der Waals surface area contributed by atoms with E-state index in [0.717, 1.165) is 10.4 Å². The predicted octanol–water partition coefficient (Wildman–Crippen LogP) is 2.31. The van der Waals surface area contributed by atoms with Crippen molar-refractivity contribution in [2.75, 3.05) is 20.0 Å². The minimum Gasteiger partial charge on any atom is -0.493 e. The zero-order valence-corrected chi connectivity index (χ0v) is 18.8. The lowest BCUT2D eigenvalue weighted by atomic mass is 10.2. The van der Waals surface area contributed by atoms with Crippen molar-refractivity contribution >= 4 is 34.9 Å². The Morgan fingerprint density at radius 2 is 2.00 bits per heavy atom. The molecule has 0 aliphatic rings. The van der Waals surface area contributed by atoms with Gasteiger partial charge in [0.2, 0.25) is 11.8 Å². The van der Waals surface area contributed by atoms with Crippen molar-refractivity contribution in [3.63, 3.8) is 0 Å². The van der Waals surface area contributed by atoms with E-state index in [-0.39, 0.29) is 18.1 Å². The van der Waals surface area contributed by atoms with Crippen LogP contribution < -0.4 is 20.5 Å². The molecule has 11 heteroatoms. The smallest absolute Gasteiger partial charge is 0.230 e. The molecule has 2 amide bonds. The summed E-state index contributed by atoms with van der Waals surface area (Å²) >= 11 is 2.79. The summed E-state index contributed by atoms with van der Waals surface area (Å²) in [5.74, 6) is 1.49. The van der Waals surface area contributed by atoms with Gasteiger partial charge in [-0.2, -0.15) is 0 Å². The highest BCUT2D eigenvalue weighted by molar-refractivity contribution is 7.99. The molecule has 0 fully saturated rings. The van der Waals surface area contributed by atoms with Crippen molar-refractivity contribution in [2.24, 2.45) is 5.73 Å². The Kier molecular flexibility index (Phi) is 7.90. The normalized spacial score (nSPS) is 10.6. The largest absolute Gasteiger partial charge is 0.493 e. The van der Waals surface area contributed by atoms with Crippen molar-refractivity contribution in [3.05, 3.63) is 41.3 Å². The van der Waals surface area contributed by atoms with E-state index in [1.807, 2.05) is 34.2 Å². The minimum atomic E-state index is -0.408. The number of methoxy groups -OCH3 is 2. The zero-order valence-electron chi connectivity index (χ0n) is 17.2. The van der Waals surface area contributed by atoms with Crippen molar-refractivity contribution in [3.8, 4) is 22.2 Å². The first kappa shape index (κ1) is 22.6. The maximum atomic E-state index is 12.4. The molecule has 3 rings (SSSR count). The van der Waals surface area contributed by atoms with Crippen LogP contribution in [-0.4, -0.2) is 46.6 Å². The Balaban J connectivity index is 1.61. The van der Waals surface area contributed by atoms with Gasteiger partial charge in [-0.3, -0.25) is 9.59 Å². The summed E-state index contributed by atoms with van der Waals surface area (Å²) in [4.78, 5) is 24.6. The van der Waals surface area contributed by atoms with Crippen molar-refractivity contribution in [1.82, 2.24) is 20.1 Å². The van der Waals surface area contributed by atoms with Gasteiger partial charge in [-0.15, -0.1) is 21.5 Å². The molecule has 0 saturated carbocycles. The summed E-state index contributed by atoms with van der Waals surface area (Å²) in [5.41, 5.74) is 6.20. The number of thiophene rings is 1. The Bertz CT molecular complexity index is 1040. The summed E-state index contributed by atoms with van der Waals surface area (Å²) in [6, 6.07) is 9.33. The molecule has 0 aliphatic heterocycles. The van der Waals surface area contributed by atoms with Crippen LogP contribution in [0.2, 0.25) is 0 Å². The number of nitrogens with zero attached hydrogens (tertiary/aromatic N) is 3. The van der Waals surface area contributed by atoms with Gasteiger partial charge < -0.3 is 25.1 Å². The number of nitrogens with two attached hydrogens (primary N) is 1. The lowest BCUT2D eigenvalue weighted by molar-refractivity contribution is -0.119. The average Bonchev–Trinajstić information content (AvgIpc) is 3.44. The van der Waals surface area contributed by atoms with Crippen molar-refractivity contribution in [2.45, 2.75) is 24.7 Å². The van der Waals surface area contributed by atoms with Crippen LogP contribution in [-0.2, 0) is 22.7 Å². The van der Waals surface area contributed by atoms with Gasteiger partial charge in [-0.05, 0) is 29.1 Å². The van der Waals surface area contributed by atoms with Crippen LogP contribution in [0, 0.1) is 0 Å². The third-order valence-corrected chi connectivity index (χ3v) is 6.14. The van der Waals surface area contributed by atoms with Gasteiger partial charge >= 0.3 is 0 Å². The van der Waals surface area contributed by atoms with E-state index < -0.39 is 5.91 Å². The lowest BCUT2D eigenvalue weighted by Gasteiger charge is -2.11. The average molecular weight is 462 g/mol. The molecule has 2 aromatic heterocycles. The van der Waals surface area contributed by atoms with E-state index in [4.69, 9.17) is 15.2 Å². The summed E-state index contributed by atoms with van der Waals surface area (Å²) in [6.45, 7) is 0.708. The Hall–Kier alpha value is -3.05. The number of rotatable bonds is 11. The fourth-order valence-electron chi connectivity index (χ4n) is 2.78. The second-order valence-electron chi connectivity index (χ2n) is 6.41. The molecule has 0 radical (unpaired) electrons. The number of aromatic nitrogens is 3. The summed E-state index contributed by atoms with van der Waals surface area (Å²) in [5, 5.41) is 13.8. The molecule has 31 heavy (non-hydrogen) atoms. The van der Waals surface area contributed by atoms with Gasteiger partial charge in [0.05, 0.1) is 24.8 Å². The van der Waals surface area contributed by atoms with E-state index in [0.29, 0.717) is 35.6 Å². The van der Waals surface area contributed by atoms with E-state index in [1.54, 1.807) is 20.3 Å². The van der Waals surface area contributed by atoms with Gasteiger partial charge in [0.25, 0.3) is 0 Å². The minimum absolute atomic E-state index is 0.151. The third kappa shape index (κ3) is 5.98. The van der Waals surface area contributed by atoms with E-state index in [1.165, 1.54) is 23.1 Å². The molecule has 9 nitrogen and oxygen atoms in total. The van der Waals surface area contributed by atoms with E-state index in [2.05, 4.69) is 15.5 Å².